The molecule has 2 unspecified atom stereocenters. The van der Waals surface area contributed by atoms with E-state index < -0.39 is 50.7 Å². The Balaban J connectivity index is 1.90. The van der Waals surface area contributed by atoms with Crippen LogP contribution in [0.2, 0.25) is 5.02 Å². The minimum atomic E-state index is -4.11. The maximum absolute atomic E-state index is 13.3. The van der Waals surface area contributed by atoms with Gasteiger partial charge in [0.05, 0.1) is 27.4 Å². The van der Waals surface area contributed by atoms with Gasteiger partial charge in [-0.25, -0.2) is 21.6 Å². The van der Waals surface area contributed by atoms with Gasteiger partial charge in [-0.15, -0.1) is 0 Å². The lowest BCUT2D eigenvalue weighted by molar-refractivity contribution is 0.0422. The number of amides is 1. The summed E-state index contributed by atoms with van der Waals surface area (Å²) < 4.78 is 65.7. The summed E-state index contributed by atoms with van der Waals surface area (Å²) in [5.41, 5.74) is -0.547. The number of hydrogen-bond donors (Lipinski definition) is 3. The number of benzene rings is 2. The van der Waals surface area contributed by atoms with Crippen molar-refractivity contribution in [3.05, 3.63) is 58.4 Å². The van der Waals surface area contributed by atoms with Crippen molar-refractivity contribution in [3.63, 3.8) is 0 Å². The Morgan fingerprint density at radius 1 is 1.00 bits per heavy atom. The average molecular weight is 464 g/mol. The van der Waals surface area contributed by atoms with E-state index in [1.54, 1.807) is 0 Å². The summed E-state index contributed by atoms with van der Waals surface area (Å²) in [4.78, 5) is 12.0. The van der Waals surface area contributed by atoms with Gasteiger partial charge in [0.2, 0.25) is 0 Å². The van der Waals surface area contributed by atoms with Crippen LogP contribution in [-0.2, 0) is 9.84 Å². The molecular weight excluding hydrogens is 447 g/mol. The van der Waals surface area contributed by atoms with E-state index in [9.17, 15) is 36.6 Å². The highest BCUT2D eigenvalue weighted by Gasteiger charge is 2.37. The van der Waals surface area contributed by atoms with Crippen molar-refractivity contribution in [1.29, 1.82) is 0 Å². The van der Waals surface area contributed by atoms with Crippen LogP contribution < -0.4 is 5.32 Å². The van der Waals surface area contributed by atoms with Gasteiger partial charge in [0.15, 0.2) is 27.3 Å². The van der Waals surface area contributed by atoms with Crippen molar-refractivity contribution in [2.75, 3.05) is 5.32 Å². The summed E-state index contributed by atoms with van der Waals surface area (Å²) in [6.07, 6.45) is -2.13. The Hall–Kier alpha value is -2.14. The van der Waals surface area contributed by atoms with Gasteiger partial charge in [-0.3, -0.25) is 4.79 Å². The lowest BCUT2D eigenvalue weighted by Crippen LogP contribution is -2.37. The molecule has 2 aromatic rings. The summed E-state index contributed by atoms with van der Waals surface area (Å²) in [5, 5.41) is 20.5. The number of sulfone groups is 1. The molecule has 3 rings (SSSR count). The molecule has 0 spiro atoms. The molecular formula is C19H17ClF3NO5S. The lowest BCUT2D eigenvalue weighted by Gasteiger charge is -2.29. The number of aliphatic hydroxyl groups is 2. The molecule has 162 valence electrons. The van der Waals surface area contributed by atoms with E-state index in [2.05, 4.69) is 5.32 Å². The zero-order valence-corrected chi connectivity index (χ0v) is 16.9. The Morgan fingerprint density at radius 3 is 2.13 bits per heavy atom. The van der Waals surface area contributed by atoms with Gasteiger partial charge >= 0.3 is 0 Å². The molecule has 3 N–H and O–H groups in total. The largest absolute Gasteiger partial charge is 0.393 e. The third kappa shape index (κ3) is 4.61. The summed E-state index contributed by atoms with van der Waals surface area (Å²) in [6, 6.07) is 4.53. The van der Waals surface area contributed by atoms with Crippen molar-refractivity contribution in [1.82, 2.24) is 0 Å². The van der Waals surface area contributed by atoms with Gasteiger partial charge in [-0.2, -0.15) is 0 Å². The number of anilines is 1. The molecule has 1 aliphatic rings. The maximum Gasteiger partial charge on any atom is 0.255 e. The molecule has 1 saturated carbocycles. The molecule has 1 aliphatic carbocycles. The second kappa shape index (κ2) is 8.54. The van der Waals surface area contributed by atoms with Gasteiger partial charge < -0.3 is 15.5 Å². The van der Waals surface area contributed by atoms with Crippen molar-refractivity contribution in [2.45, 2.75) is 41.6 Å². The summed E-state index contributed by atoms with van der Waals surface area (Å²) in [6.45, 7) is 0. The minimum Gasteiger partial charge on any atom is -0.393 e. The Bertz CT molecular complexity index is 1060. The van der Waals surface area contributed by atoms with Crippen LogP contribution >= 0.6 is 11.6 Å². The topological polar surface area (TPSA) is 104 Å². The molecule has 0 radical (unpaired) electrons. The first-order valence-corrected chi connectivity index (χ1v) is 10.8. The van der Waals surface area contributed by atoms with Crippen molar-refractivity contribution < 1.29 is 36.6 Å². The smallest absolute Gasteiger partial charge is 0.255 e. The van der Waals surface area contributed by atoms with Crippen molar-refractivity contribution in [2.24, 2.45) is 0 Å². The number of aliphatic hydroxyl groups excluding tert-OH is 2. The fourth-order valence-corrected chi connectivity index (χ4v) is 5.72. The summed E-state index contributed by atoms with van der Waals surface area (Å²) in [5.74, 6) is -5.60. The van der Waals surface area contributed by atoms with Crippen LogP contribution in [0.15, 0.2) is 35.2 Å². The monoisotopic (exact) mass is 463 g/mol. The Morgan fingerprint density at radius 2 is 1.57 bits per heavy atom. The van der Waals surface area contributed by atoms with Crippen LogP contribution in [0.4, 0.5) is 18.9 Å². The maximum atomic E-state index is 13.3. The average Bonchev–Trinajstić information content (AvgIpc) is 2.65. The molecule has 1 fully saturated rings. The second-order valence-electron chi connectivity index (χ2n) is 7.03. The SMILES string of the molecule is O=C(Nc1cc(F)c(F)c(F)c1)c1ccc(Cl)c(S(=O)(=O)C2CC(O)C[C@@H](O)C2)c1. The zero-order valence-electron chi connectivity index (χ0n) is 15.3. The third-order valence-corrected chi connectivity index (χ3v) is 7.45. The van der Waals surface area contributed by atoms with Gasteiger partial charge in [0.1, 0.15) is 0 Å². The van der Waals surface area contributed by atoms with Gasteiger partial charge in [0, 0.05) is 23.4 Å². The first kappa shape index (κ1) is 22.5. The van der Waals surface area contributed by atoms with Gasteiger partial charge in [0.25, 0.3) is 5.91 Å². The molecule has 0 heterocycles. The standard InChI is InChI=1S/C19H17ClF3NO5S/c20-14-2-1-9(19(27)24-10-4-15(21)18(23)16(22)5-10)3-17(14)30(28,29)13-7-11(25)6-12(26)8-13/h1-5,11-13,25-26H,6-8H2,(H,24,27)/t11-,12?,13?/m1/s1. The highest BCUT2D eigenvalue weighted by Crippen LogP contribution is 2.33. The third-order valence-electron chi connectivity index (χ3n) is 4.79. The van der Waals surface area contributed by atoms with Crippen LogP contribution in [0.5, 0.6) is 0 Å². The van der Waals surface area contributed by atoms with E-state index in [1.165, 1.54) is 12.1 Å². The number of nitrogens with one attached hydrogen (secondary N) is 1. The van der Waals surface area contributed by atoms with E-state index in [4.69, 9.17) is 11.6 Å². The van der Waals surface area contributed by atoms with Crippen LogP contribution in [-0.4, -0.2) is 42.0 Å². The highest BCUT2D eigenvalue weighted by atomic mass is 35.5. The van der Waals surface area contributed by atoms with E-state index in [-0.39, 0.29) is 40.4 Å². The molecule has 0 bridgehead atoms. The summed E-state index contributed by atoms with van der Waals surface area (Å²) >= 11 is 6.02. The van der Waals surface area contributed by atoms with E-state index >= 15 is 0 Å². The van der Waals surface area contributed by atoms with Crippen LogP contribution in [0.1, 0.15) is 29.6 Å². The summed E-state index contributed by atoms with van der Waals surface area (Å²) in [7, 11) is -4.11. The van der Waals surface area contributed by atoms with Crippen molar-refractivity contribution in [3.8, 4) is 0 Å². The zero-order chi connectivity index (χ0) is 22.2. The predicted octanol–water partition coefficient (Wildman–Crippen LogP) is 3.06. The Labute approximate surface area is 175 Å². The fourth-order valence-electron chi connectivity index (χ4n) is 3.34. The molecule has 0 aliphatic heterocycles. The molecule has 6 nitrogen and oxygen atoms in total. The molecule has 30 heavy (non-hydrogen) atoms. The number of carbonyl (C=O) groups is 1. The predicted molar refractivity (Wildman–Crippen MR) is 103 cm³/mol. The first-order chi connectivity index (χ1) is 14.0. The number of halogens is 4. The highest BCUT2D eigenvalue weighted by molar-refractivity contribution is 7.92. The minimum absolute atomic E-state index is 0.0625. The quantitative estimate of drug-likeness (QED) is 0.605. The van der Waals surface area contributed by atoms with Crippen molar-refractivity contribution >= 4 is 33.0 Å². The number of rotatable bonds is 4. The van der Waals surface area contributed by atoms with Gasteiger partial charge in [-0.1, -0.05) is 11.6 Å². The number of carbonyl (C=O) groups excluding carboxylic acids is 1. The van der Waals surface area contributed by atoms with Gasteiger partial charge in [-0.05, 0) is 37.5 Å². The van der Waals surface area contributed by atoms with E-state index in [0.717, 1.165) is 6.07 Å². The molecule has 0 saturated heterocycles. The van der Waals surface area contributed by atoms with E-state index in [0.29, 0.717) is 12.1 Å². The first-order valence-electron chi connectivity index (χ1n) is 8.84. The lowest BCUT2D eigenvalue weighted by atomic mass is 9.95. The molecule has 11 heteroatoms. The second-order valence-corrected chi connectivity index (χ2v) is 9.64. The molecule has 0 aromatic heterocycles. The fraction of sp³-hybridized carbons (Fsp3) is 0.316. The van der Waals surface area contributed by atoms with Crippen LogP contribution in [0, 0.1) is 17.5 Å². The molecule has 1 amide bonds. The normalized spacial score (nSPS) is 22.0. The number of hydrogen-bond acceptors (Lipinski definition) is 5. The van der Waals surface area contributed by atoms with E-state index in [1.807, 2.05) is 0 Å². The van der Waals surface area contributed by atoms with Crippen LogP contribution in [0.3, 0.4) is 0 Å². The van der Waals surface area contributed by atoms with Crippen LogP contribution in [0.25, 0.3) is 0 Å². The molecule has 2 aromatic carbocycles. The molecule has 3 atom stereocenters. The Kier molecular flexibility index (Phi) is 6.42.